The molecule has 0 unspecified atom stereocenters. The lowest BCUT2D eigenvalue weighted by atomic mass is 10.2. The smallest absolute Gasteiger partial charge is 0.238 e. The van der Waals surface area contributed by atoms with E-state index in [0.717, 1.165) is 6.20 Å². The van der Waals surface area contributed by atoms with Crippen LogP contribution >= 0.6 is 0 Å². The Morgan fingerprint density at radius 3 is 2.53 bits per heavy atom. The van der Waals surface area contributed by atoms with Crippen LogP contribution in [0.2, 0.25) is 0 Å². The third kappa shape index (κ3) is 2.78. The summed E-state index contributed by atoms with van der Waals surface area (Å²) in [4.78, 5) is 9.55. The van der Waals surface area contributed by atoms with Crippen LogP contribution in [-0.4, -0.2) is 4.92 Å². The Kier molecular flexibility index (Phi) is 3.00. The lowest BCUT2D eigenvalue weighted by Crippen LogP contribution is -1.81. The van der Waals surface area contributed by atoms with Gasteiger partial charge in [0, 0.05) is 5.56 Å². The van der Waals surface area contributed by atoms with Gasteiger partial charge in [-0.25, -0.2) is 4.39 Å². The van der Waals surface area contributed by atoms with Gasteiger partial charge in [0.25, 0.3) is 0 Å². The lowest BCUT2D eigenvalue weighted by Gasteiger charge is -1.95. The Bertz CT molecular complexity index is 557. The molecule has 17 heavy (non-hydrogen) atoms. The van der Waals surface area contributed by atoms with Gasteiger partial charge in [-0.15, -0.1) is 0 Å². The van der Waals surface area contributed by atoms with E-state index in [1.807, 2.05) is 0 Å². The Labute approximate surface area is 96.1 Å². The molecule has 0 amide bonds. The average molecular weight is 233 g/mol. The van der Waals surface area contributed by atoms with Crippen LogP contribution in [0.4, 0.5) is 4.39 Å². The van der Waals surface area contributed by atoms with Crippen molar-refractivity contribution >= 4 is 6.08 Å². The molecular formula is C12H8FNO3. The van der Waals surface area contributed by atoms with Crippen molar-refractivity contribution in [2.45, 2.75) is 0 Å². The van der Waals surface area contributed by atoms with Crippen LogP contribution in [0.1, 0.15) is 5.76 Å². The summed E-state index contributed by atoms with van der Waals surface area (Å²) in [5.41, 5.74) is 0.715. The minimum atomic E-state index is -0.569. The van der Waals surface area contributed by atoms with Crippen molar-refractivity contribution in [3.05, 3.63) is 64.3 Å². The number of furan rings is 1. The molecule has 0 fully saturated rings. The van der Waals surface area contributed by atoms with E-state index in [2.05, 4.69) is 0 Å². The number of nitrogens with zero attached hydrogens (tertiary/aromatic N) is 1. The number of benzene rings is 1. The third-order valence-electron chi connectivity index (χ3n) is 2.12. The minimum absolute atomic E-state index is 0.325. The molecular weight excluding hydrogens is 225 g/mol. The van der Waals surface area contributed by atoms with Gasteiger partial charge in [-0.1, -0.05) is 0 Å². The van der Waals surface area contributed by atoms with E-state index in [9.17, 15) is 14.5 Å². The summed E-state index contributed by atoms with van der Waals surface area (Å²) in [6.07, 6.45) is 2.06. The second kappa shape index (κ2) is 4.61. The summed E-state index contributed by atoms with van der Waals surface area (Å²) < 4.78 is 18.0. The highest BCUT2D eigenvalue weighted by atomic mass is 19.1. The highest BCUT2D eigenvalue weighted by Crippen LogP contribution is 2.22. The fourth-order valence-electron chi connectivity index (χ4n) is 1.35. The van der Waals surface area contributed by atoms with Gasteiger partial charge < -0.3 is 4.42 Å². The van der Waals surface area contributed by atoms with Crippen molar-refractivity contribution in [2.24, 2.45) is 0 Å². The molecule has 0 saturated carbocycles. The molecule has 4 nitrogen and oxygen atoms in total. The number of hydrogen-bond acceptors (Lipinski definition) is 3. The zero-order chi connectivity index (χ0) is 12.3. The molecule has 5 heteroatoms. The Hall–Kier alpha value is -2.43. The summed E-state index contributed by atoms with van der Waals surface area (Å²) in [6, 6.07) is 9.09. The van der Waals surface area contributed by atoms with Crippen LogP contribution in [0, 0.1) is 15.9 Å². The van der Waals surface area contributed by atoms with Crippen LogP contribution < -0.4 is 0 Å². The summed E-state index contributed by atoms with van der Waals surface area (Å²) in [7, 11) is 0. The molecule has 0 N–H and O–H groups in total. The van der Waals surface area contributed by atoms with E-state index in [1.54, 1.807) is 24.3 Å². The van der Waals surface area contributed by atoms with Crippen LogP contribution in [-0.2, 0) is 0 Å². The molecule has 0 spiro atoms. The van der Waals surface area contributed by atoms with E-state index in [1.165, 1.54) is 18.2 Å². The maximum Gasteiger partial charge on any atom is 0.238 e. The van der Waals surface area contributed by atoms with Crippen molar-refractivity contribution < 1.29 is 13.7 Å². The van der Waals surface area contributed by atoms with Crippen LogP contribution in [0.15, 0.2) is 47.0 Å². The molecule has 1 heterocycles. The molecule has 0 aliphatic carbocycles. The predicted molar refractivity (Wildman–Crippen MR) is 60.1 cm³/mol. The van der Waals surface area contributed by atoms with Crippen LogP contribution in [0.5, 0.6) is 0 Å². The van der Waals surface area contributed by atoms with E-state index in [0.29, 0.717) is 17.1 Å². The van der Waals surface area contributed by atoms with E-state index < -0.39 is 4.92 Å². The minimum Gasteiger partial charge on any atom is -0.457 e. The van der Waals surface area contributed by atoms with Crippen molar-refractivity contribution in [3.8, 4) is 11.3 Å². The molecule has 0 radical (unpaired) electrons. The topological polar surface area (TPSA) is 56.3 Å². The molecule has 2 aromatic rings. The van der Waals surface area contributed by atoms with Gasteiger partial charge in [0.15, 0.2) is 0 Å². The first kappa shape index (κ1) is 11.1. The van der Waals surface area contributed by atoms with Gasteiger partial charge in [0.1, 0.15) is 17.3 Å². The molecule has 0 bridgehead atoms. The zero-order valence-corrected chi connectivity index (χ0v) is 8.67. The van der Waals surface area contributed by atoms with Crippen LogP contribution in [0.3, 0.4) is 0 Å². The predicted octanol–water partition coefficient (Wildman–Crippen LogP) is 3.33. The second-order valence-corrected chi connectivity index (χ2v) is 3.31. The molecule has 0 saturated heterocycles. The first-order chi connectivity index (χ1) is 8.15. The van der Waals surface area contributed by atoms with Crippen molar-refractivity contribution in [3.63, 3.8) is 0 Å². The Morgan fingerprint density at radius 2 is 1.88 bits per heavy atom. The molecule has 0 aliphatic heterocycles. The summed E-state index contributed by atoms with van der Waals surface area (Å²) in [5.74, 6) is 0.586. The van der Waals surface area contributed by atoms with Gasteiger partial charge in [-0.05, 0) is 36.4 Å². The average Bonchev–Trinajstić information content (AvgIpc) is 2.76. The van der Waals surface area contributed by atoms with Crippen LogP contribution in [0.25, 0.3) is 17.4 Å². The monoisotopic (exact) mass is 233 g/mol. The number of nitro groups is 1. The van der Waals surface area contributed by atoms with Crippen molar-refractivity contribution in [2.75, 3.05) is 0 Å². The van der Waals surface area contributed by atoms with Crippen molar-refractivity contribution in [1.29, 1.82) is 0 Å². The fraction of sp³-hybridized carbons (Fsp3) is 0. The maximum atomic E-state index is 12.7. The highest BCUT2D eigenvalue weighted by Gasteiger charge is 2.03. The molecule has 1 aromatic carbocycles. The fourth-order valence-corrected chi connectivity index (χ4v) is 1.35. The van der Waals surface area contributed by atoms with Gasteiger partial charge >= 0.3 is 0 Å². The standard InChI is InChI=1S/C12H8FNO3/c13-10-3-1-9(2-4-10)12-6-5-11(17-12)7-8-14(15)16/h1-8H/b8-7+. The van der Waals surface area contributed by atoms with E-state index in [-0.39, 0.29) is 5.82 Å². The van der Waals surface area contributed by atoms with E-state index in [4.69, 9.17) is 4.42 Å². The number of hydrogen-bond donors (Lipinski definition) is 0. The quantitative estimate of drug-likeness (QED) is 0.603. The van der Waals surface area contributed by atoms with Gasteiger partial charge in [0.05, 0.1) is 11.0 Å². The Morgan fingerprint density at radius 1 is 1.18 bits per heavy atom. The van der Waals surface area contributed by atoms with Gasteiger partial charge in [-0.3, -0.25) is 10.1 Å². The van der Waals surface area contributed by atoms with Gasteiger partial charge in [0.2, 0.25) is 6.20 Å². The van der Waals surface area contributed by atoms with E-state index >= 15 is 0 Å². The first-order valence-corrected chi connectivity index (χ1v) is 4.82. The number of halogens is 1. The van der Waals surface area contributed by atoms with Gasteiger partial charge in [-0.2, -0.15) is 0 Å². The maximum absolute atomic E-state index is 12.7. The SMILES string of the molecule is O=[N+]([O-])/C=C/c1ccc(-c2ccc(F)cc2)o1. The first-order valence-electron chi connectivity index (χ1n) is 4.82. The molecule has 2 rings (SSSR count). The van der Waals surface area contributed by atoms with Crippen molar-refractivity contribution in [1.82, 2.24) is 0 Å². The largest absolute Gasteiger partial charge is 0.457 e. The lowest BCUT2D eigenvalue weighted by molar-refractivity contribution is -0.401. The summed E-state index contributed by atoms with van der Waals surface area (Å²) in [5, 5.41) is 10.1. The molecule has 0 atom stereocenters. The molecule has 0 aliphatic rings. The third-order valence-corrected chi connectivity index (χ3v) is 2.12. The zero-order valence-electron chi connectivity index (χ0n) is 8.67. The molecule has 1 aromatic heterocycles. The number of rotatable bonds is 3. The Balaban J connectivity index is 2.23. The summed E-state index contributed by atoms with van der Waals surface area (Å²) >= 11 is 0. The normalized spacial score (nSPS) is 10.9. The summed E-state index contributed by atoms with van der Waals surface area (Å²) in [6.45, 7) is 0. The second-order valence-electron chi connectivity index (χ2n) is 3.31. The molecule has 86 valence electrons. The highest BCUT2D eigenvalue weighted by molar-refractivity contribution is 5.59.